The zero-order valence-corrected chi connectivity index (χ0v) is 15.4. The molecule has 1 unspecified atom stereocenters. The molecule has 1 atom stereocenters. The molecular weight excluding hydrogens is 373 g/mol. The summed E-state index contributed by atoms with van der Waals surface area (Å²) in [7, 11) is 5.78. The fraction of sp³-hybridized carbons (Fsp3) is 0.667. The minimum Gasteiger partial charge on any atom is -0.354 e. The number of thiazole rings is 1. The first-order valence-corrected chi connectivity index (χ1v) is 7.03. The van der Waals surface area contributed by atoms with Crippen molar-refractivity contribution < 1.29 is 0 Å². The number of nitrogens with zero attached hydrogens (tertiary/aromatic N) is 3. The molecule has 110 valence electrons. The molecule has 0 saturated carbocycles. The van der Waals surface area contributed by atoms with Crippen LogP contribution in [-0.4, -0.2) is 38.1 Å². The van der Waals surface area contributed by atoms with E-state index in [9.17, 15) is 0 Å². The van der Waals surface area contributed by atoms with Crippen LogP contribution in [0.15, 0.2) is 10.4 Å². The minimum atomic E-state index is 0. The Bertz CT molecular complexity index is 391. The number of guanidine groups is 1. The lowest BCUT2D eigenvalue weighted by Crippen LogP contribution is -2.41. The van der Waals surface area contributed by atoms with Gasteiger partial charge in [-0.3, -0.25) is 4.99 Å². The van der Waals surface area contributed by atoms with Gasteiger partial charge in [0.25, 0.3) is 0 Å². The lowest BCUT2D eigenvalue weighted by molar-refractivity contribution is 0.623. The second kappa shape index (κ2) is 9.35. The van der Waals surface area contributed by atoms with Crippen LogP contribution in [0.5, 0.6) is 0 Å². The van der Waals surface area contributed by atoms with Crippen molar-refractivity contribution in [2.24, 2.45) is 4.99 Å². The number of hydrogen-bond acceptors (Lipinski definition) is 4. The molecule has 0 aliphatic heterocycles. The number of hydrogen-bond donors (Lipinski definition) is 2. The van der Waals surface area contributed by atoms with Crippen molar-refractivity contribution in [3.05, 3.63) is 11.1 Å². The van der Waals surface area contributed by atoms with Gasteiger partial charge in [0.2, 0.25) is 0 Å². The van der Waals surface area contributed by atoms with E-state index in [0.29, 0.717) is 12.6 Å². The number of aliphatic imine (C=N–C) groups is 1. The fourth-order valence-corrected chi connectivity index (χ4v) is 2.05. The van der Waals surface area contributed by atoms with Gasteiger partial charge in [0.15, 0.2) is 11.1 Å². The molecule has 2 N–H and O–H groups in total. The van der Waals surface area contributed by atoms with Crippen LogP contribution in [0, 0.1) is 0 Å². The van der Waals surface area contributed by atoms with Crippen LogP contribution < -0.4 is 15.5 Å². The summed E-state index contributed by atoms with van der Waals surface area (Å²) in [6.45, 7) is 4.98. The highest BCUT2D eigenvalue weighted by Gasteiger charge is 2.06. The number of anilines is 1. The zero-order valence-electron chi connectivity index (χ0n) is 12.2. The summed E-state index contributed by atoms with van der Waals surface area (Å²) >= 11 is 1.65. The summed E-state index contributed by atoms with van der Waals surface area (Å²) in [5.74, 6) is 0.823. The van der Waals surface area contributed by atoms with Gasteiger partial charge >= 0.3 is 0 Å². The average Bonchev–Trinajstić information content (AvgIpc) is 2.83. The van der Waals surface area contributed by atoms with E-state index in [-0.39, 0.29) is 24.0 Å². The van der Waals surface area contributed by atoms with Crippen LogP contribution in [0.1, 0.15) is 26.0 Å². The van der Waals surface area contributed by atoms with Gasteiger partial charge < -0.3 is 15.5 Å². The lowest BCUT2D eigenvalue weighted by atomic mass is 10.3. The van der Waals surface area contributed by atoms with Crippen LogP contribution in [0.4, 0.5) is 5.13 Å². The maximum atomic E-state index is 4.51. The predicted octanol–water partition coefficient (Wildman–Crippen LogP) is 2.29. The molecule has 7 heteroatoms. The molecule has 5 nitrogen and oxygen atoms in total. The van der Waals surface area contributed by atoms with E-state index >= 15 is 0 Å². The Labute approximate surface area is 136 Å². The molecule has 0 amide bonds. The van der Waals surface area contributed by atoms with Crippen molar-refractivity contribution in [3.63, 3.8) is 0 Å². The third-order valence-corrected chi connectivity index (χ3v) is 3.64. The van der Waals surface area contributed by atoms with E-state index < -0.39 is 0 Å². The molecule has 0 aromatic carbocycles. The first-order valence-electron chi connectivity index (χ1n) is 6.15. The van der Waals surface area contributed by atoms with E-state index in [0.717, 1.165) is 23.2 Å². The average molecular weight is 397 g/mol. The maximum absolute atomic E-state index is 4.51. The molecule has 0 bridgehead atoms. The monoisotopic (exact) mass is 397 g/mol. The molecule has 1 heterocycles. The highest BCUT2D eigenvalue weighted by molar-refractivity contribution is 14.0. The van der Waals surface area contributed by atoms with Crippen LogP contribution in [-0.2, 0) is 6.54 Å². The van der Waals surface area contributed by atoms with E-state index in [2.05, 4.69) is 39.8 Å². The molecule has 0 fully saturated rings. The first kappa shape index (κ1) is 18.4. The molecule has 0 aliphatic rings. The Morgan fingerprint density at radius 2 is 2.21 bits per heavy atom. The fourth-order valence-electron chi connectivity index (χ4n) is 1.29. The van der Waals surface area contributed by atoms with Gasteiger partial charge in [0.1, 0.15) is 0 Å². The molecule has 0 radical (unpaired) electrons. The smallest absolute Gasteiger partial charge is 0.191 e. The Hall–Kier alpha value is -0.570. The second-order valence-corrected chi connectivity index (χ2v) is 5.23. The first-order chi connectivity index (χ1) is 8.56. The van der Waals surface area contributed by atoms with Crippen molar-refractivity contribution in [1.82, 2.24) is 15.6 Å². The summed E-state index contributed by atoms with van der Waals surface area (Å²) in [6, 6.07) is 0.420. The number of nitrogens with one attached hydrogen (secondary N) is 2. The topological polar surface area (TPSA) is 52.6 Å². The number of rotatable bonds is 5. The van der Waals surface area contributed by atoms with Crippen LogP contribution in [0.2, 0.25) is 0 Å². The van der Waals surface area contributed by atoms with Gasteiger partial charge in [0, 0.05) is 32.6 Å². The zero-order chi connectivity index (χ0) is 13.5. The predicted molar refractivity (Wildman–Crippen MR) is 94.9 cm³/mol. The lowest BCUT2D eigenvalue weighted by Gasteiger charge is -2.15. The Morgan fingerprint density at radius 3 is 2.68 bits per heavy atom. The van der Waals surface area contributed by atoms with Gasteiger partial charge in [-0.15, -0.1) is 35.3 Å². The van der Waals surface area contributed by atoms with Crippen molar-refractivity contribution in [2.45, 2.75) is 32.9 Å². The Kier molecular flexibility index (Phi) is 9.07. The standard InChI is InChI=1S/C12H23N5S.HI/c1-6-9(2)15-11(13-3)14-7-10-8-18-12(16-10)17(4)5;/h8-9H,6-7H2,1-5H3,(H2,13,14,15);1H. The van der Waals surface area contributed by atoms with Crippen LogP contribution in [0.3, 0.4) is 0 Å². The van der Waals surface area contributed by atoms with E-state index in [1.165, 1.54) is 0 Å². The molecule has 0 aliphatic carbocycles. The highest BCUT2D eigenvalue weighted by atomic mass is 127. The van der Waals surface area contributed by atoms with Crippen molar-refractivity contribution in [1.29, 1.82) is 0 Å². The number of aromatic nitrogens is 1. The number of halogens is 1. The molecule has 19 heavy (non-hydrogen) atoms. The molecular formula is C12H24IN5S. The molecule has 0 saturated heterocycles. The maximum Gasteiger partial charge on any atom is 0.191 e. The van der Waals surface area contributed by atoms with Gasteiger partial charge in [-0.1, -0.05) is 6.92 Å². The van der Waals surface area contributed by atoms with E-state index in [1.54, 1.807) is 18.4 Å². The van der Waals surface area contributed by atoms with Crippen molar-refractivity contribution in [3.8, 4) is 0 Å². The molecule has 1 rings (SSSR count). The van der Waals surface area contributed by atoms with Gasteiger partial charge in [-0.05, 0) is 13.3 Å². The largest absolute Gasteiger partial charge is 0.354 e. The van der Waals surface area contributed by atoms with Gasteiger partial charge in [-0.2, -0.15) is 0 Å². The Balaban J connectivity index is 0.00000324. The van der Waals surface area contributed by atoms with Crippen LogP contribution >= 0.6 is 35.3 Å². The minimum absolute atomic E-state index is 0. The normalized spacial score (nSPS) is 12.6. The third kappa shape index (κ3) is 6.42. The summed E-state index contributed by atoms with van der Waals surface area (Å²) in [5, 5.41) is 9.68. The van der Waals surface area contributed by atoms with Crippen molar-refractivity contribution >= 4 is 46.4 Å². The van der Waals surface area contributed by atoms with Gasteiger partial charge in [0.05, 0.1) is 12.2 Å². The summed E-state index contributed by atoms with van der Waals surface area (Å²) in [4.78, 5) is 10.7. The quantitative estimate of drug-likeness (QED) is 0.455. The second-order valence-electron chi connectivity index (χ2n) is 4.40. The summed E-state index contributed by atoms with van der Waals surface area (Å²) in [5.41, 5.74) is 1.04. The Morgan fingerprint density at radius 1 is 1.53 bits per heavy atom. The molecule has 1 aromatic rings. The van der Waals surface area contributed by atoms with Crippen molar-refractivity contribution in [2.75, 3.05) is 26.0 Å². The summed E-state index contributed by atoms with van der Waals surface area (Å²) in [6.07, 6.45) is 1.07. The van der Waals surface area contributed by atoms with Gasteiger partial charge in [-0.25, -0.2) is 4.98 Å². The third-order valence-electron chi connectivity index (χ3n) is 2.58. The molecule has 1 aromatic heterocycles. The SMILES string of the molecule is CCC(C)NC(=NC)NCc1csc(N(C)C)n1.I. The molecule has 0 spiro atoms. The van der Waals surface area contributed by atoms with Crippen LogP contribution in [0.25, 0.3) is 0 Å². The van der Waals surface area contributed by atoms with E-state index in [4.69, 9.17) is 0 Å². The highest BCUT2D eigenvalue weighted by Crippen LogP contribution is 2.17. The summed E-state index contributed by atoms with van der Waals surface area (Å²) < 4.78 is 0. The van der Waals surface area contributed by atoms with E-state index in [1.807, 2.05) is 19.0 Å².